The number of nitrogens with zero attached hydrogens (tertiary/aromatic N) is 1. The zero-order valence-corrected chi connectivity index (χ0v) is 15.5. The summed E-state index contributed by atoms with van der Waals surface area (Å²) in [5, 5.41) is 3.20. The second-order valence-electron chi connectivity index (χ2n) is 8.86. The fourth-order valence-electron chi connectivity index (χ4n) is 4.58. The summed E-state index contributed by atoms with van der Waals surface area (Å²) >= 11 is 0. The molecule has 0 bridgehead atoms. The van der Waals surface area contributed by atoms with Crippen LogP contribution in [0.1, 0.15) is 45.7 Å². The first-order valence-corrected chi connectivity index (χ1v) is 9.17. The van der Waals surface area contributed by atoms with Crippen LogP contribution in [-0.2, 0) is 9.47 Å². The zero-order valence-electron chi connectivity index (χ0n) is 15.5. The molecule has 3 fully saturated rings. The molecular formula is C20H28N2O3. The number of rotatable bonds is 3. The van der Waals surface area contributed by atoms with E-state index in [1.807, 2.05) is 26.8 Å². The van der Waals surface area contributed by atoms with E-state index >= 15 is 0 Å². The number of nitrogens with one attached hydrogen (secondary N) is 1. The van der Waals surface area contributed by atoms with Gasteiger partial charge in [-0.05, 0) is 39.7 Å². The molecule has 5 heteroatoms. The molecule has 25 heavy (non-hydrogen) atoms. The lowest BCUT2D eigenvalue weighted by molar-refractivity contribution is 0.0378. The minimum Gasteiger partial charge on any atom is -0.444 e. The number of benzene rings is 1. The van der Waals surface area contributed by atoms with Crippen LogP contribution in [0.25, 0.3) is 0 Å². The maximum Gasteiger partial charge on any atom is 0.408 e. The molecule has 0 radical (unpaired) electrons. The van der Waals surface area contributed by atoms with Gasteiger partial charge in [0.25, 0.3) is 0 Å². The molecule has 1 aromatic rings. The number of amides is 1. The first-order chi connectivity index (χ1) is 11.7. The quantitative estimate of drug-likeness (QED) is 0.915. The van der Waals surface area contributed by atoms with Gasteiger partial charge in [-0.15, -0.1) is 0 Å². The van der Waals surface area contributed by atoms with Crippen LogP contribution in [0, 0.1) is 5.41 Å². The van der Waals surface area contributed by atoms with Gasteiger partial charge >= 0.3 is 6.09 Å². The van der Waals surface area contributed by atoms with E-state index in [0.717, 1.165) is 19.5 Å². The molecule has 4 atom stereocenters. The van der Waals surface area contributed by atoms with Gasteiger partial charge in [-0.3, -0.25) is 4.90 Å². The number of carbonyl (C=O) groups is 1. The molecule has 1 saturated carbocycles. The molecule has 136 valence electrons. The van der Waals surface area contributed by atoms with E-state index in [1.165, 1.54) is 5.56 Å². The van der Waals surface area contributed by atoms with Crippen LogP contribution in [0.4, 0.5) is 4.79 Å². The lowest BCUT2D eigenvalue weighted by atomic mass is 9.86. The van der Waals surface area contributed by atoms with Crippen LogP contribution in [0.3, 0.4) is 0 Å². The van der Waals surface area contributed by atoms with Crippen molar-refractivity contribution in [3.8, 4) is 0 Å². The Kier molecular flexibility index (Phi) is 3.68. The number of hydrogen-bond donors (Lipinski definition) is 1. The van der Waals surface area contributed by atoms with Crippen LogP contribution in [0.2, 0.25) is 0 Å². The Balaban J connectivity index is 1.53. The first-order valence-electron chi connectivity index (χ1n) is 9.17. The third-order valence-corrected chi connectivity index (χ3v) is 6.02. The van der Waals surface area contributed by atoms with Crippen LogP contribution in [-0.4, -0.2) is 47.9 Å². The second-order valence-corrected chi connectivity index (χ2v) is 8.86. The van der Waals surface area contributed by atoms with Crippen molar-refractivity contribution in [3.63, 3.8) is 0 Å². The maximum absolute atomic E-state index is 12.5. The van der Waals surface area contributed by atoms with Crippen LogP contribution in [0.15, 0.2) is 30.3 Å². The molecule has 2 aliphatic heterocycles. The minimum absolute atomic E-state index is 0.0486. The van der Waals surface area contributed by atoms with E-state index in [2.05, 4.69) is 41.4 Å². The largest absolute Gasteiger partial charge is 0.444 e. The lowest BCUT2D eigenvalue weighted by Gasteiger charge is -2.33. The monoisotopic (exact) mass is 344 g/mol. The Morgan fingerprint density at radius 2 is 2.04 bits per heavy atom. The van der Waals surface area contributed by atoms with Crippen molar-refractivity contribution < 1.29 is 14.3 Å². The molecule has 4 rings (SSSR count). The van der Waals surface area contributed by atoms with Crippen molar-refractivity contribution in [2.75, 3.05) is 19.7 Å². The molecule has 2 unspecified atom stereocenters. The molecule has 1 N–H and O–H groups in total. The van der Waals surface area contributed by atoms with Crippen molar-refractivity contribution in [2.24, 2.45) is 5.41 Å². The standard InChI is InChI=1S/C20H28N2O3/c1-14(15-8-6-5-7-9-15)22-11-19-10-16(19)24-13-20(19,12-22)21-17(23)25-18(2,3)4/h5-9,14,16H,10-13H2,1-4H3,(H,21,23)/t14-,16+,19?,20?/m1/s1. The third kappa shape index (κ3) is 2.74. The van der Waals surface area contributed by atoms with Crippen molar-refractivity contribution in [3.05, 3.63) is 35.9 Å². The highest BCUT2D eigenvalue weighted by Gasteiger charge is 2.76. The Labute approximate surface area is 149 Å². The SMILES string of the molecule is C[C@H](c1ccccc1)N1CC2(NC(=O)OC(C)(C)C)CO[C@H]3CC32C1. The molecule has 2 heterocycles. The van der Waals surface area contributed by atoms with E-state index in [9.17, 15) is 4.79 Å². The second kappa shape index (κ2) is 5.45. The Morgan fingerprint density at radius 1 is 1.32 bits per heavy atom. The fraction of sp³-hybridized carbons (Fsp3) is 0.650. The number of alkyl carbamates (subject to hydrolysis) is 1. The normalized spacial score (nSPS) is 35.0. The molecule has 0 aromatic heterocycles. The highest BCUT2D eigenvalue weighted by molar-refractivity contribution is 5.70. The molecule has 5 nitrogen and oxygen atoms in total. The summed E-state index contributed by atoms with van der Waals surface area (Å²) in [6, 6.07) is 10.9. The van der Waals surface area contributed by atoms with Crippen molar-refractivity contribution in [1.29, 1.82) is 0 Å². The van der Waals surface area contributed by atoms with Crippen molar-refractivity contribution >= 4 is 6.09 Å². The molecule has 1 aliphatic carbocycles. The van der Waals surface area contributed by atoms with E-state index in [-0.39, 0.29) is 23.2 Å². The molecular weight excluding hydrogens is 316 g/mol. The summed E-state index contributed by atoms with van der Waals surface area (Å²) in [4.78, 5) is 14.9. The van der Waals surface area contributed by atoms with Gasteiger partial charge in [-0.2, -0.15) is 0 Å². The summed E-state index contributed by atoms with van der Waals surface area (Å²) in [5.41, 5.74) is 0.534. The van der Waals surface area contributed by atoms with Crippen LogP contribution < -0.4 is 5.32 Å². The van der Waals surface area contributed by atoms with E-state index in [1.54, 1.807) is 0 Å². The number of hydrogen-bond acceptors (Lipinski definition) is 4. The number of carbonyl (C=O) groups excluding carboxylic acids is 1. The van der Waals surface area contributed by atoms with Crippen LogP contribution >= 0.6 is 0 Å². The predicted octanol–water partition coefficient (Wildman–Crippen LogP) is 3.12. The molecule has 1 amide bonds. The molecule has 1 aromatic carbocycles. The zero-order chi connectivity index (χ0) is 17.9. The van der Waals surface area contributed by atoms with E-state index in [4.69, 9.17) is 9.47 Å². The van der Waals surface area contributed by atoms with Crippen LogP contribution in [0.5, 0.6) is 0 Å². The van der Waals surface area contributed by atoms with Gasteiger partial charge in [0, 0.05) is 24.5 Å². The highest BCUT2D eigenvalue weighted by atomic mass is 16.6. The average Bonchev–Trinajstić information content (AvgIpc) is 3.03. The van der Waals surface area contributed by atoms with Gasteiger partial charge in [-0.1, -0.05) is 30.3 Å². The minimum atomic E-state index is -0.494. The Hall–Kier alpha value is -1.59. The van der Waals surface area contributed by atoms with Gasteiger partial charge in [0.1, 0.15) is 5.60 Å². The molecule has 2 saturated heterocycles. The summed E-state index contributed by atoms with van der Waals surface area (Å²) in [6.45, 7) is 10.3. The lowest BCUT2D eigenvalue weighted by Crippen LogP contribution is -2.57. The topological polar surface area (TPSA) is 50.8 Å². The third-order valence-electron chi connectivity index (χ3n) is 6.02. The predicted molar refractivity (Wildman–Crippen MR) is 95.3 cm³/mol. The van der Waals surface area contributed by atoms with Gasteiger partial charge in [0.05, 0.1) is 18.2 Å². The number of ether oxygens (including phenoxy) is 2. The van der Waals surface area contributed by atoms with Gasteiger partial charge in [0.2, 0.25) is 0 Å². The van der Waals surface area contributed by atoms with Gasteiger partial charge < -0.3 is 14.8 Å². The average molecular weight is 344 g/mol. The van der Waals surface area contributed by atoms with Gasteiger partial charge in [-0.25, -0.2) is 4.79 Å². The summed E-state index contributed by atoms with van der Waals surface area (Å²) in [7, 11) is 0. The summed E-state index contributed by atoms with van der Waals surface area (Å²) in [6.07, 6.45) is 0.966. The van der Waals surface area contributed by atoms with Crippen molar-refractivity contribution in [2.45, 2.75) is 57.4 Å². The van der Waals surface area contributed by atoms with E-state index in [0.29, 0.717) is 12.6 Å². The maximum atomic E-state index is 12.5. The summed E-state index contributed by atoms with van der Waals surface area (Å²) in [5.74, 6) is 0. The van der Waals surface area contributed by atoms with E-state index < -0.39 is 5.60 Å². The van der Waals surface area contributed by atoms with Crippen molar-refractivity contribution in [1.82, 2.24) is 10.2 Å². The first kappa shape index (κ1) is 16.9. The molecule has 3 aliphatic rings. The summed E-state index contributed by atoms with van der Waals surface area (Å²) < 4.78 is 11.5. The number of likely N-dealkylation sites (tertiary alicyclic amines) is 1. The fourth-order valence-corrected chi connectivity index (χ4v) is 4.58. The highest BCUT2D eigenvalue weighted by Crippen LogP contribution is 2.65. The Bertz CT molecular complexity index is 671. The molecule has 1 spiro atoms. The smallest absolute Gasteiger partial charge is 0.408 e. The van der Waals surface area contributed by atoms with Gasteiger partial charge in [0.15, 0.2) is 0 Å². The Morgan fingerprint density at radius 3 is 2.68 bits per heavy atom.